The molecule has 0 bridgehead atoms. The summed E-state index contributed by atoms with van der Waals surface area (Å²) in [5.74, 6) is 7.53. The van der Waals surface area contributed by atoms with Crippen molar-refractivity contribution < 1.29 is 4.74 Å². The molecule has 1 heteroatoms. The molecule has 0 N–H and O–H groups in total. The van der Waals surface area contributed by atoms with E-state index in [2.05, 4.69) is 207 Å². The van der Waals surface area contributed by atoms with Crippen molar-refractivity contribution >= 4 is 16.7 Å². The number of hydrogen-bond donors (Lipinski definition) is 0. The van der Waals surface area contributed by atoms with Crippen LogP contribution in [-0.4, -0.2) is 6.10 Å². The minimum Gasteiger partial charge on any atom is -0.490 e. The van der Waals surface area contributed by atoms with Gasteiger partial charge in [0.25, 0.3) is 0 Å². The molecule has 1 aromatic carbocycles. The van der Waals surface area contributed by atoms with E-state index in [4.69, 9.17) is 4.74 Å². The van der Waals surface area contributed by atoms with Crippen molar-refractivity contribution in [1.29, 1.82) is 0 Å². The molecule has 12 aliphatic rings. The summed E-state index contributed by atoms with van der Waals surface area (Å²) in [4.78, 5) is 0. The van der Waals surface area contributed by atoms with Crippen LogP contribution in [-0.2, 0) is 4.74 Å². The molecule has 1 heterocycles. The van der Waals surface area contributed by atoms with Crippen LogP contribution in [0.3, 0.4) is 0 Å². The smallest absolute Gasteiger partial charge is 0.118 e. The zero-order valence-corrected chi connectivity index (χ0v) is 50.9. The molecule has 11 aliphatic carbocycles. The Labute approximate surface area is 473 Å². The molecule has 1 saturated carbocycles. The third-order valence-electron chi connectivity index (χ3n) is 22.8. The third kappa shape index (κ3) is 8.81. The summed E-state index contributed by atoms with van der Waals surface area (Å²) in [5.41, 5.74) is 25.5. The van der Waals surface area contributed by atoms with Crippen LogP contribution in [0, 0.1) is 86.3 Å². The van der Waals surface area contributed by atoms with E-state index in [1.807, 2.05) is 11.1 Å². The number of benzene rings is 1. The van der Waals surface area contributed by atoms with Crippen LogP contribution in [0.15, 0.2) is 159 Å². The van der Waals surface area contributed by atoms with Crippen LogP contribution in [0.5, 0.6) is 0 Å². The van der Waals surface area contributed by atoms with Crippen molar-refractivity contribution in [2.75, 3.05) is 0 Å². The highest BCUT2D eigenvalue weighted by atomic mass is 16.5. The molecule has 0 spiro atoms. The van der Waals surface area contributed by atoms with Crippen molar-refractivity contribution in [3.8, 4) is 0 Å². The van der Waals surface area contributed by atoms with E-state index in [1.165, 1.54) is 76.9 Å². The molecule has 13 atom stereocenters. The molecular formula is C77H96O. The van der Waals surface area contributed by atoms with Gasteiger partial charge in [-0.2, -0.15) is 0 Å². The molecule has 410 valence electrons. The molecule has 1 fully saturated rings. The molecule has 0 saturated heterocycles. The highest BCUT2D eigenvalue weighted by Gasteiger charge is 2.63. The van der Waals surface area contributed by atoms with Crippen LogP contribution in [0.2, 0.25) is 0 Å². The fraction of sp³-hybridized carbons (Fsp3) is 0.558. The SMILES string of the molecule is CC1=CCC(C2C=CC3(C)C(C2)C2CC4=C(CCC5c6cc(C7=CC(C(C)(C)C)=CC(C(C)(C)C)=CC7)cc7c6C(=CC45)C4=C7CCC(C5=CCC(C)C=C5)=C4)C4C=C(C5=CC(C(C)(C)C)CC(C(C)(C)C)O5)CC3C42)C=C1. The lowest BCUT2D eigenvalue weighted by Gasteiger charge is -2.50. The largest absolute Gasteiger partial charge is 0.490 e. The Morgan fingerprint density at radius 2 is 1.45 bits per heavy atom. The second-order valence-electron chi connectivity index (χ2n) is 31.8. The first kappa shape index (κ1) is 52.7. The molecule has 78 heavy (non-hydrogen) atoms. The lowest BCUT2D eigenvalue weighted by atomic mass is 9.55. The Bertz CT molecular complexity index is 3200. The van der Waals surface area contributed by atoms with E-state index in [9.17, 15) is 0 Å². The molecule has 0 amide bonds. The van der Waals surface area contributed by atoms with Gasteiger partial charge in [-0.25, -0.2) is 0 Å². The maximum Gasteiger partial charge on any atom is 0.118 e. The summed E-state index contributed by atoms with van der Waals surface area (Å²) >= 11 is 0. The normalized spacial score (nSPS) is 35.9. The number of hydrogen-bond acceptors (Lipinski definition) is 1. The van der Waals surface area contributed by atoms with Gasteiger partial charge >= 0.3 is 0 Å². The molecule has 0 radical (unpaired) electrons. The van der Waals surface area contributed by atoms with Crippen molar-refractivity contribution in [2.24, 2.45) is 86.3 Å². The molecule has 13 rings (SSSR count). The fourth-order valence-corrected chi connectivity index (χ4v) is 17.9. The summed E-state index contributed by atoms with van der Waals surface area (Å²) in [6.45, 7) is 36.4. The average molecular weight is 1040 g/mol. The Hall–Kier alpha value is -4.62. The zero-order valence-electron chi connectivity index (χ0n) is 50.9. The molecule has 13 unspecified atom stereocenters. The predicted molar refractivity (Wildman–Crippen MR) is 331 cm³/mol. The van der Waals surface area contributed by atoms with E-state index in [-0.39, 0.29) is 33.2 Å². The third-order valence-corrected chi connectivity index (χ3v) is 22.8. The Morgan fingerprint density at radius 1 is 0.654 bits per heavy atom. The number of allylic oxidation sites excluding steroid dienone is 27. The van der Waals surface area contributed by atoms with Gasteiger partial charge in [0.2, 0.25) is 0 Å². The quantitative estimate of drug-likeness (QED) is 0.273. The van der Waals surface area contributed by atoms with Crippen LogP contribution >= 0.6 is 0 Å². The highest BCUT2D eigenvalue weighted by Crippen LogP contribution is 2.71. The summed E-state index contributed by atoms with van der Waals surface area (Å²) in [6, 6.07) is 5.43. The lowest BCUT2D eigenvalue weighted by molar-refractivity contribution is -0.0131. The van der Waals surface area contributed by atoms with Gasteiger partial charge in [-0.1, -0.05) is 205 Å². The molecular weight excluding hydrogens is 941 g/mol. The first-order chi connectivity index (χ1) is 36.8. The van der Waals surface area contributed by atoms with Crippen LogP contribution in [0.4, 0.5) is 0 Å². The van der Waals surface area contributed by atoms with Gasteiger partial charge in [0.1, 0.15) is 11.9 Å². The fourth-order valence-electron chi connectivity index (χ4n) is 17.9. The maximum absolute atomic E-state index is 7.40. The maximum atomic E-state index is 7.40. The summed E-state index contributed by atoms with van der Waals surface area (Å²) in [5, 5.41) is 0. The van der Waals surface area contributed by atoms with E-state index < -0.39 is 0 Å². The standard InChI is InChI=1S/C77H96O/c1-44-16-20-46(21-17-44)49-25-27-56-59(33-49)65-42-60-57(63-35-51(34-62(56)71(63)65)48-24-26-53(73(3,4)5)39-54(32-48)74(6,7)8)28-29-58-61(60)43-66-67-37-50(47-22-18-45(2)19-23-47)30-31-77(67,15)68-38-52(36-64(58)72(66)68)69-40-55(75(9,10)11)41-70(78-69)76(12,13)14/h16,18-22,26,30-36,39-40,42,44,47,50,55,57,60,64,66-68,70,72H,17,23-25,27-29,37-38,41,43H2,1-15H3. The van der Waals surface area contributed by atoms with E-state index in [0.29, 0.717) is 65.1 Å². The van der Waals surface area contributed by atoms with Gasteiger partial charge in [0, 0.05) is 11.8 Å². The summed E-state index contributed by atoms with van der Waals surface area (Å²) in [6.07, 6.45) is 52.3. The highest BCUT2D eigenvalue weighted by molar-refractivity contribution is 6.05. The van der Waals surface area contributed by atoms with Gasteiger partial charge in [0.05, 0.1) is 0 Å². The van der Waals surface area contributed by atoms with Gasteiger partial charge in [-0.3, -0.25) is 0 Å². The van der Waals surface area contributed by atoms with Crippen molar-refractivity contribution in [3.63, 3.8) is 0 Å². The molecule has 1 aliphatic heterocycles. The Morgan fingerprint density at radius 3 is 2.15 bits per heavy atom. The monoisotopic (exact) mass is 1040 g/mol. The van der Waals surface area contributed by atoms with Crippen LogP contribution < -0.4 is 0 Å². The van der Waals surface area contributed by atoms with Crippen molar-refractivity contribution in [1.82, 2.24) is 0 Å². The van der Waals surface area contributed by atoms with Crippen LogP contribution in [0.1, 0.15) is 203 Å². The molecule has 0 aromatic heterocycles. The predicted octanol–water partition coefficient (Wildman–Crippen LogP) is 20.9. The summed E-state index contributed by atoms with van der Waals surface area (Å²) < 4.78 is 7.40. The van der Waals surface area contributed by atoms with E-state index in [0.717, 1.165) is 38.5 Å². The van der Waals surface area contributed by atoms with Gasteiger partial charge in [0.15, 0.2) is 0 Å². The number of fused-ring (bicyclic) bond motifs is 9. The minimum absolute atomic E-state index is 0.0413. The Kier molecular flexibility index (Phi) is 12.5. The lowest BCUT2D eigenvalue weighted by Crippen LogP contribution is -2.40. The zero-order chi connectivity index (χ0) is 54.7. The summed E-state index contributed by atoms with van der Waals surface area (Å²) in [7, 11) is 0. The van der Waals surface area contributed by atoms with E-state index >= 15 is 0 Å². The van der Waals surface area contributed by atoms with Crippen LogP contribution in [0.25, 0.3) is 16.7 Å². The van der Waals surface area contributed by atoms with Gasteiger partial charge in [-0.05, 0) is 242 Å². The van der Waals surface area contributed by atoms with E-state index in [1.54, 1.807) is 39.0 Å². The first-order valence-corrected chi connectivity index (χ1v) is 31.5. The second-order valence-corrected chi connectivity index (χ2v) is 31.8. The van der Waals surface area contributed by atoms with Crippen molar-refractivity contribution in [2.45, 2.75) is 187 Å². The van der Waals surface area contributed by atoms with Crippen molar-refractivity contribution in [3.05, 3.63) is 181 Å². The topological polar surface area (TPSA) is 9.23 Å². The number of ether oxygens (including phenoxy) is 1. The second kappa shape index (κ2) is 18.4. The molecule has 1 aromatic rings. The molecule has 1 nitrogen and oxygen atoms in total. The van der Waals surface area contributed by atoms with Gasteiger partial charge in [-0.15, -0.1) is 0 Å². The Balaban J connectivity index is 0.972. The number of rotatable bonds is 4. The minimum atomic E-state index is 0.0413. The average Bonchev–Trinajstić information content (AvgIpc) is 3.83. The van der Waals surface area contributed by atoms with Gasteiger partial charge < -0.3 is 4.74 Å². The first-order valence-electron chi connectivity index (χ1n) is 31.5.